The zero-order valence-electron chi connectivity index (χ0n) is 19.0. The summed E-state index contributed by atoms with van der Waals surface area (Å²) in [7, 11) is -7.82. The van der Waals surface area contributed by atoms with E-state index in [1.807, 2.05) is 18.5 Å². The number of rotatable bonds is 8. The first-order chi connectivity index (χ1) is 15.8. The fourth-order valence-corrected chi connectivity index (χ4v) is 6.38. The van der Waals surface area contributed by atoms with Crippen LogP contribution in [0.2, 0.25) is 0 Å². The van der Waals surface area contributed by atoms with Gasteiger partial charge in [0.25, 0.3) is 0 Å². The van der Waals surface area contributed by atoms with Crippen LogP contribution in [0.1, 0.15) is 24.1 Å². The van der Waals surface area contributed by atoms with E-state index in [1.54, 1.807) is 17.8 Å². The molecule has 5 rings (SSSR count). The Kier molecular flexibility index (Phi) is 6.06. The van der Waals surface area contributed by atoms with Crippen LogP contribution in [0.15, 0.2) is 45.1 Å². The van der Waals surface area contributed by atoms with Crippen molar-refractivity contribution < 1.29 is 23.8 Å². The standard InChI is InChI=1S/C21H24F5N5OS2.ClH/c1-14-18(32-13-27-14)19-28-29-20(30(19)2)33-8-4-7-31-11-16-10-21(16,12-31)15-5-3-6-17(9-15)34(22,23,24,25)26;/h3,5-6,9,13,16H,4,7-8,10-12H2,1-2H3;1H/t16-,21?;/m0./s1. The van der Waals surface area contributed by atoms with E-state index in [9.17, 15) is 19.4 Å². The first kappa shape index (κ1) is 26.2. The summed E-state index contributed by atoms with van der Waals surface area (Å²) < 4.78 is 73.6. The molecule has 0 radical (unpaired) electrons. The lowest BCUT2D eigenvalue weighted by molar-refractivity contribution is 0.299. The first-order valence-electron chi connectivity index (χ1n) is 10.8. The lowest BCUT2D eigenvalue weighted by atomic mass is 9.95. The van der Waals surface area contributed by atoms with Crippen LogP contribution in [0, 0.1) is 12.8 Å². The maximum atomic E-state index is 13.3. The monoisotopic (exact) mass is 557 g/mol. The number of aromatic nitrogens is 4. The van der Waals surface area contributed by atoms with Gasteiger partial charge in [-0.25, -0.2) is 4.98 Å². The van der Waals surface area contributed by atoms with Crippen molar-refractivity contribution in [3.63, 3.8) is 0 Å². The number of hydrogen-bond donors (Lipinski definition) is 0. The van der Waals surface area contributed by atoms with E-state index in [2.05, 4.69) is 20.1 Å². The van der Waals surface area contributed by atoms with Gasteiger partial charge >= 0.3 is 10.2 Å². The number of fused-ring (bicyclic) bond motifs is 1. The molecule has 2 aliphatic rings. The van der Waals surface area contributed by atoms with Gasteiger partial charge < -0.3 is 13.9 Å². The number of hydrogen-bond acceptors (Lipinski definition) is 6. The topological polar surface area (TPSA) is 60.0 Å². The van der Waals surface area contributed by atoms with Gasteiger partial charge in [-0.2, -0.15) is 0 Å². The Morgan fingerprint density at radius 2 is 1.97 bits per heavy atom. The summed E-state index contributed by atoms with van der Waals surface area (Å²) in [5.41, 5.74) is 0.661. The molecule has 3 heterocycles. The summed E-state index contributed by atoms with van der Waals surface area (Å²) in [6, 6.07) is 3.79. The van der Waals surface area contributed by atoms with Gasteiger partial charge in [0.1, 0.15) is 4.90 Å². The molecule has 0 spiro atoms. The Morgan fingerprint density at radius 3 is 2.66 bits per heavy atom. The van der Waals surface area contributed by atoms with E-state index in [-0.39, 0.29) is 18.3 Å². The second kappa shape index (κ2) is 8.09. The highest BCUT2D eigenvalue weighted by molar-refractivity contribution is 8.45. The first-order valence-corrected chi connectivity index (χ1v) is 13.7. The molecule has 2 fully saturated rings. The van der Waals surface area contributed by atoms with Crippen LogP contribution in [0.4, 0.5) is 19.4 Å². The van der Waals surface area contributed by atoms with Gasteiger partial charge in [0.15, 0.2) is 17.3 Å². The molecular weight excluding hydrogens is 533 g/mol. The zero-order chi connectivity index (χ0) is 24.4. The molecule has 14 heteroatoms. The molecule has 1 unspecified atom stereocenters. The van der Waals surface area contributed by atoms with Crippen molar-refractivity contribution in [1.29, 1.82) is 0 Å². The van der Waals surface area contributed by atoms with E-state index in [0.717, 1.165) is 48.6 Å². The molecule has 0 N–H and O–H groups in total. The lowest BCUT2D eigenvalue weighted by Crippen LogP contribution is -2.28. The van der Waals surface area contributed by atoms with Crippen molar-refractivity contribution in [2.75, 3.05) is 25.4 Å². The fraction of sp³-hybridized carbons (Fsp3) is 0.476. The van der Waals surface area contributed by atoms with Crippen molar-refractivity contribution in [3.8, 4) is 11.6 Å². The second-order valence-corrected chi connectivity index (χ2v) is 12.6. The van der Waals surface area contributed by atoms with E-state index >= 15 is 0 Å². The summed E-state index contributed by atoms with van der Waals surface area (Å²) in [5, 5.41) is 9.15. The highest BCUT2D eigenvalue weighted by atomic mass is 35.5. The minimum Gasteiger partial charge on any atom is -0.440 e. The van der Waals surface area contributed by atoms with Crippen molar-refractivity contribution in [1.82, 2.24) is 24.6 Å². The number of piperidine rings is 1. The number of likely N-dealkylation sites (tertiary alicyclic amines) is 1. The molecule has 1 aliphatic heterocycles. The van der Waals surface area contributed by atoms with Crippen LogP contribution in [-0.2, 0) is 12.5 Å². The summed E-state index contributed by atoms with van der Waals surface area (Å²) in [4.78, 5) is 4.49. The molecule has 35 heavy (non-hydrogen) atoms. The van der Waals surface area contributed by atoms with Gasteiger partial charge in [-0.05, 0) is 49.9 Å². The van der Waals surface area contributed by atoms with Crippen LogP contribution in [0.25, 0.3) is 11.6 Å². The van der Waals surface area contributed by atoms with E-state index in [1.165, 1.54) is 6.39 Å². The minimum atomic E-state index is -9.68. The Morgan fingerprint density at radius 1 is 1.20 bits per heavy atom. The third-order valence-electron chi connectivity index (χ3n) is 6.70. The highest BCUT2D eigenvalue weighted by Gasteiger charge is 2.66. The molecular formula is C21H25ClF5N5OS2. The van der Waals surface area contributed by atoms with Crippen molar-refractivity contribution >= 4 is 34.4 Å². The quantitative estimate of drug-likeness (QED) is 0.176. The molecule has 194 valence electrons. The SMILES string of the molecule is Cc1ncoc1-c1nnc(SCCCN2C[C@@H]3CC3(c3cccc(S(F)(F)(F)(F)F)c3)C2)n1C.Cl. The Bertz CT molecular complexity index is 1250. The number of aryl methyl sites for hydroxylation is 1. The Labute approximate surface area is 209 Å². The third kappa shape index (κ3) is 5.05. The molecule has 1 aromatic carbocycles. The van der Waals surface area contributed by atoms with Crippen LogP contribution in [0.3, 0.4) is 0 Å². The molecule has 1 saturated carbocycles. The van der Waals surface area contributed by atoms with Crippen molar-refractivity contribution in [2.45, 2.75) is 35.2 Å². The number of oxazole rings is 1. The largest absolute Gasteiger partial charge is 0.440 e. The van der Waals surface area contributed by atoms with Crippen molar-refractivity contribution in [2.24, 2.45) is 13.0 Å². The minimum absolute atomic E-state index is 0. The van der Waals surface area contributed by atoms with Gasteiger partial charge in [0, 0.05) is 31.3 Å². The summed E-state index contributed by atoms with van der Waals surface area (Å²) in [6.07, 6.45) is 2.96. The maximum absolute atomic E-state index is 13.3. The smallest absolute Gasteiger partial charge is 0.310 e. The van der Waals surface area contributed by atoms with Gasteiger partial charge in [0.2, 0.25) is 5.82 Å². The molecule has 2 aromatic heterocycles. The van der Waals surface area contributed by atoms with Crippen LogP contribution in [0.5, 0.6) is 0 Å². The summed E-state index contributed by atoms with van der Waals surface area (Å²) in [5.74, 6) is 2.18. The number of benzene rings is 1. The van der Waals surface area contributed by atoms with Gasteiger partial charge in [-0.3, -0.25) is 0 Å². The van der Waals surface area contributed by atoms with Gasteiger partial charge in [-0.1, -0.05) is 43.3 Å². The average molecular weight is 558 g/mol. The van der Waals surface area contributed by atoms with Crippen LogP contribution >= 0.6 is 34.4 Å². The summed E-state index contributed by atoms with van der Waals surface area (Å²) >= 11 is 1.56. The Balaban J connectivity index is 0.00000289. The van der Waals surface area contributed by atoms with Gasteiger partial charge in [-0.15, -0.1) is 22.6 Å². The number of thioether (sulfide) groups is 1. The zero-order valence-corrected chi connectivity index (χ0v) is 21.4. The van der Waals surface area contributed by atoms with Crippen molar-refractivity contribution in [3.05, 3.63) is 41.9 Å². The fourth-order valence-electron chi connectivity index (χ4n) is 4.86. The van der Waals surface area contributed by atoms with Gasteiger partial charge in [0.05, 0.1) is 5.69 Å². The molecule has 0 amide bonds. The highest BCUT2D eigenvalue weighted by Crippen LogP contribution is 3.02. The Hall–Kier alpha value is -1.83. The van der Waals surface area contributed by atoms with E-state index in [0.29, 0.717) is 35.8 Å². The second-order valence-electron chi connectivity index (χ2n) is 9.12. The molecule has 3 aromatic rings. The predicted octanol–water partition coefficient (Wildman–Crippen LogP) is 6.61. The number of nitrogens with zero attached hydrogens (tertiary/aromatic N) is 5. The van der Waals surface area contributed by atoms with E-state index in [4.69, 9.17) is 4.42 Å². The third-order valence-corrected chi connectivity index (χ3v) is 8.96. The molecule has 2 atom stereocenters. The van der Waals surface area contributed by atoms with E-state index < -0.39 is 20.5 Å². The predicted molar refractivity (Wildman–Crippen MR) is 128 cm³/mol. The average Bonchev–Trinajstić information content (AvgIpc) is 3.04. The molecule has 0 bridgehead atoms. The molecule has 1 saturated heterocycles. The lowest BCUT2D eigenvalue weighted by Gasteiger charge is -2.41. The van der Waals surface area contributed by atoms with Crippen LogP contribution < -0.4 is 0 Å². The maximum Gasteiger partial charge on any atom is 0.310 e. The number of halogens is 6. The molecule has 6 nitrogen and oxygen atoms in total. The molecule has 1 aliphatic carbocycles. The van der Waals surface area contributed by atoms with Crippen LogP contribution in [-0.4, -0.2) is 50.0 Å². The summed E-state index contributed by atoms with van der Waals surface area (Å²) in [6.45, 7) is 3.97. The normalized spacial score (nSPS) is 23.9.